The number of halogens is 9. The van der Waals surface area contributed by atoms with Crippen molar-refractivity contribution in [3.05, 3.63) is 101 Å². The van der Waals surface area contributed by atoms with Gasteiger partial charge in [0.15, 0.2) is 9.84 Å². The van der Waals surface area contributed by atoms with Gasteiger partial charge in [0.1, 0.15) is 17.5 Å². The number of hydrogen-bond acceptors (Lipinski definition) is 5. The highest BCUT2D eigenvalue weighted by atomic mass is 32.2. The third kappa shape index (κ3) is 7.11. The average Bonchev–Trinajstić information content (AvgIpc) is 3.48. The van der Waals surface area contributed by atoms with E-state index in [9.17, 15) is 57.8 Å². The molecule has 0 bridgehead atoms. The molecule has 3 aromatic carbocycles. The Balaban J connectivity index is 1.52. The maximum absolute atomic E-state index is 14.5. The monoisotopic (exact) mass is 737 g/mol. The summed E-state index contributed by atoms with van der Waals surface area (Å²) in [7, 11) is -4.33. The van der Waals surface area contributed by atoms with Crippen molar-refractivity contribution in [1.29, 1.82) is 0 Å². The van der Waals surface area contributed by atoms with Gasteiger partial charge in [-0.2, -0.15) is 26.3 Å². The predicted molar refractivity (Wildman–Crippen MR) is 161 cm³/mol. The van der Waals surface area contributed by atoms with Gasteiger partial charge in [-0.1, -0.05) is 30.3 Å². The van der Waals surface area contributed by atoms with E-state index in [-0.39, 0.29) is 49.2 Å². The molecule has 1 saturated heterocycles. The predicted octanol–water partition coefficient (Wildman–Crippen LogP) is 7.35. The standard InChI is InChI=1S/C34H32F9NO5S/c1-31(46)13-15-44(16-14-31)30(45)21-17-25(29(18-21)50(47,48)24-11-9-23(35)10-12-24)20-5-7-22(8-6-20)32(33(38,39)40,34(41,42)43)49-19-26-27(36)3-2-4-28(26)37/h2-12,21,25,29,46H,13-19H2,1H3/t21-,25?,29?/m0/s1. The summed E-state index contributed by atoms with van der Waals surface area (Å²) in [4.78, 5) is 14.7. The van der Waals surface area contributed by atoms with Gasteiger partial charge in [0, 0.05) is 36.1 Å². The van der Waals surface area contributed by atoms with Crippen LogP contribution in [-0.2, 0) is 31.6 Å². The van der Waals surface area contributed by atoms with Crippen LogP contribution in [0.2, 0.25) is 0 Å². The molecule has 1 aliphatic heterocycles. The Hall–Kier alpha value is -3.63. The fraction of sp³-hybridized carbons (Fsp3) is 0.441. The van der Waals surface area contributed by atoms with Gasteiger partial charge in [-0.25, -0.2) is 21.6 Å². The van der Waals surface area contributed by atoms with E-state index in [1.807, 2.05) is 0 Å². The van der Waals surface area contributed by atoms with Crippen molar-refractivity contribution in [3.63, 3.8) is 0 Å². The summed E-state index contributed by atoms with van der Waals surface area (Å²) >= 11 is 0. The van der Waals surface area contributed by atoms with Gasteiger partial charge < -0.3 is 14.7 Å². The first-order valence-electron chi connectivity index (χ1n) is 15.5. The summed E-state index contributed by atoms with van der Waals surface area (Å²) in [6.45, 7) is 0.246. The Bertz CT molecular complexity index is 1770. The normalized spacial score (nSPS) is 21.7. The molecule has 50 heavy (non-hydrogen) atoms. The minimum absolute atomic E-state index is 0.000267. The molecule has 0 radical (unpaired) electrons. The molecule has 0 aromatic heterocycles. The van der Waals surface area contributed by atoms with E-state index < -0.39 is 91.6 Å². The number of hydrogen-bond donors (Lipinski definition) is 1. The zero-order valence-electron chi connectivity index (χ0n) is 26.4. The molecule has 1 heterocycles. The zero-order valence-corrected chi connectivity index (χ0v) is 27.2. The van der Waals surface area contributed by atoms with Crippen molar-refractivity contribution >= 4 is 15.7 Å². The van der Waals surface area contributed by atoms with Gasteiger partial charge in [-0.15, -0.1) is 0 Å². The Kier molecular flexibility index (Phi) is 10.2. The molecule has 6 nitrogen and oxygen atoms in total. The van der Waals surface area contributed by atoms with Crippen LogP contribution in [0, 0.1) is 23.4 Å². The number of likely N-dealkylation sites (tertiary alicyclic amines) is 1. The van der Waals surface area contributed by atoms with Gasteiger partial charge >= 0.3 is 12.4 Å². The molecular formula is C34H32F9NO5S. The Morgan fingerprint density at radius 2 is 1.40 bits per heavy atom. The molecule has 1 aliphatic carbocycles. The summed E-state index contributed by atoms with van der Waals surface area (Å²) in [6.07, 6.45) is -12.2. The molecule has 16 heteroatoms. The topological polar surface area (TPSA) is 83.9 Å². The van der Waals surface area contributed by atoms with Crippen molar-refractivity contribution < 1.29 is 62.6 Å². The summed E-state index contributed by atoms with van der Waals surface area (Å²) in [5, 5.41) is 8.91. The fourth-order valence-electron chi connectivity index (χ4n) is 6.71. The molecule has 2 fully saturated rings. The van der Waals surface area contributed by atoms with Gasteiger partial charge in [0.2, 0.25) is 5.91 Å². The van der Waals surface area contributed by atoms with Gasteiger partial charge in [0.05, 0.1) is 22.4 Å². The summed E-state index contributed by atoms with van der Waals surface area (Å²) < 4.78 is 161. The van der Waals surface area contributed by atoms with Crippen molar-refractivity contribution in [2.75, 3.05) is 13.1 Å². The van der Waals surface area contributed by atoms with E-state index in [1.54, 1.807) is 6.92 Å². The molecule has 0 spiro atoms. The molecule has 3 atom stereocenters. The zero-order chi connectivity index (χ0) is 36.9. The number of piperidine rings is 1. The molecule has 1 saturated carbocycles. The minimum Gasteiger partial charge on any atom is -0.390 e. The molecule has 3 aromatic rings. The summed E-state index contributed by atoms with van der Waals surface area (Å²) in [6, 6.07) is 8.67. The lowest BCUT2D eigenvalue weighted by Crippen LogP contribution is -2.55. The second-order valence-electron chi connectivity index (χ2n) is 12.9. The minimum atomic E-state index is -6.19. The van der Waals surface area contributed by atoms with Crippen LogP contribution in [0.25, 0.3) is 0 Å². The average molecular weight is 738 g/mol. The molecule has 272 valence electrons. The van der Waals surface area contributed by atoms with Crippen molar-refractivity contribution in [1.82, 2.24) is 4.90 Å². The Labute approximate surface area is 281 Å². The molecular weight excluding hydrogens is 705 g/mol. The van der Waals surface area contributed by atoms with E-state index in [1.165, 1.54) is 4.90 Å². The van der Waals surface area contributed by atoms with Crippen LogP contribution >= 0.6 is 0 Å². The molecule has 1 amide bonds. The fourth-order valence-corrected chi connectivity index (χ4v) is 8.76. The van der Waals surface area contributed by atoms with Gasteiger partial charge in [-0.05, 0) is 74.6 Å². The SMILES string of the molecule is CC1(O)CCN(C(=O)[C@H]2CC(c3ccc(C(OCc4c(F)cccc4F)(C(F)(F)F)C(F)(F)F)cc3)C(S(=O)(=O)c3ccc(F)cc3)C2)CC1. The summed E-state index contributed by atoms with van der Waals surface area (Å²) in [5.74, 6) is -6.00. The number of rotatable bonds is 8. The van der Waals surface area contributed by atoms with Crippen LogP contribution < -0.4 is 0 Å². The number of benzene rings is 3. The second-order valence-corrected chi connectivity index (χ2v) is 15.1. The van der Waals surface area contributed by atoms with Crippen molar-refractivity contribution in [2.24, 2.45) is 5.92 Å². The lowest BCUT2D eigenvalue weighted by molar-refractivity contribution is -0.392. The maximum Gasteiger partial charge on any atom is 0.430 e. The van der Waals surface area contributed by atoms with Crippen LogP contribution in [0.15, 0.2) is 71.6 Å². The Morgan fingerprint density at radius 3 is 1.92 bits per heavy atom. The molecule has 1 N–H and O–H groups in total. The molecule has 2 unspecified atom stereocenters. The second kappa shape index (κ2) is 13.5. The van der Waals surface area contributed by atoms with Crippen LogP contribution in [-0.4, -0.2) is 60.6 Å². The van der Waals surface area contributed by atoms with E-state index in [2.05, 4.69) is 4.74 Å². The first-order valence-corrected chi connectivity index (χ1v) is 17.0. The van der Waals surface area contributed by atoms with Crippen LogP contribution in [0.5, 0.6) is 0 Å². The number of sulfone groups is 1. The van der Waals surface area contributed by atoms with Gasteiger partial charge in [-0.3, -0.25) is 4.79 Å². The van der Waals surface area contributed by atoms with E-state index >= 15 is 0 Å². The number of ether oxygens (including phenoxy) is 1. The third-order valence-electron chi connectivity index (χ3n) is 9.58. The largest absolute Gasteiger partial charge is 0.430 e. The van der Waals surface area contributed by atoms with Gasteiger partial charge in [0.25, 0.3) is 5.60 Å². The van der Waals surface area contributed by atoms with E-state index in [0.717, 1.165) is 42.5 Å². The third-order valence-corrected chi connectivity index (χ3v) is 11.8. The van der Waals surface area contributed by atoms with Crippen molar-refractivity contribution in [3.8, 4) is 0 Å². The van der Waals surface area contributed by atoms with Crippen molar-refractivity contribution in [2.45, 2.75) is 78.8 Å². The lowest BCUT2D eigenvalue weighted by atomic mass is 9.88. The molecule has 5 rings (SSSR count). The highest BCUT2D eigenvalue weighted by molar-refractivity contribution is 7.92. The lowest BCUT2D eigenvalue weighted by Gasteiger charge is -2.37. The first kappa shape index (κ1) is 37.6. The number of aliphatic hydroxyl groups is 1. The summed E-state index contributed by atoms with van der Waals surface area (Å²) in [5.41, 5.74) is -8.69. The molecule has 2 aliphatic rings. The highest BCUT2D eigenvalue weighted by Gasteiger charge is 2.73. The maximum atomic E-state index is 14.5. The number of nitrogens with zero attached hydrogens (tertiary/aromatic N) is 1. The first-order chi connectivity index (χ1) is 23.2. The number of carbonyl (C=O) groups excluding carboxylic acids is 1. The number of carbonyl (C=O) groups is 1. The van der Waals surface area contributed by atoms with E-state index in [0.29, 0.717) is 24.3 Å². The smallest absolute Gasteiger partial charge is 0.390 e. The van der Waals surface area contributed by atoms with Crippen LogP contribution in [0.4, 0.5) is 39.5 Å². The van der Waals surface area contributed by atoms with Crippen LogP contribution in [0.3, 0.4) is 0 Å². The highest BCUT2D eigenvalue weighted by Crippen LogP contribution is 2.54. The number of alkyl halides is 6. The quantitative estimate of drug-likeness (QED) is 0.193. The number of amides is 1. The Morgan fingerprint density at radius 1 is 0.860 bits per heavy atom. The van der Waals surface area contributed by atoms with E-state index in [4.69, 9.17) is 0 Å². The van der Waals surface area contributed by atoms with Crippen LogP contribution in [0.1, 0.15) is 55.2 Å².